The lowest BCUT2D eigenvalue weighted by molar-refractivity contribution is -0.136. The molecular weight excluding hydrogens is 342 g/mol. The number of nitrogens with one attached hydrogen (secondary N) is 2. The Morgan fingerprint density at radius 3 is 2.32 bits per heavy atom. The number of hydrogen-bond acceptors (Lipinski definition) is 6. The molecule has 0 aliphatic heterocycles. The van der Waals surface area contributed by atoms with Gasteiger partial charge >= 0.3 is 17.8 Å². The fraction of sp³-hybridized carbons (Fsp3) is 0.588. The van der Waals surface area contributed by atoms with Crippen molar-refractivity contribution in [1.29, 1.82) is 0 Å². The Morgan fingerprint density at radius 2 is 1.76 bits per heavy atom. The number of hydrogen-bond donors (Lipinski definition) is 2. The molecule has 8 heteroatoms. The number of thiophene rings is 1. The smallest absolute Gasteiger partial charge is 0.341 e. The minimum Gasteiger partial charge on any atom is -0.465 e. The van der Waals surface area contributed by atoms with E-state index in [0.717, 1.165) is 36.5 Å². The number of ether oxygens (including phenoxy) is 1. The van der Waals surface area contributed by atoms with E-state index >= 15 is 0 Å². The molecule has 1 heterocycles. The summed E-state index contributed by atoms with van der Waals surface area (Å²) in [6, 6.07) is 0. The molecule has 0 aliphatic carbocycles. The molecule has 1 aromatic rings. The van der Waals surface area contributed by atoms with Gasteiger partial charge in [0.2, 0.25) is 0 Å². The molecular formula is C17H27N3O4S. The van der Waals surface area contributed by atoms with E-state index in [-0.39, 0.29) is 0 Å². The van der Waals surface area contributed by atoms with Crippen LogP contribution in [0.2, 0.25) is 0 Å². The third-order valence-electron chi connectivity index (χ3n) is 4.04. The van der Waals surface area contributed by atoms with Crippen molar-refractivity contribution in [3.63, 3.8) is 0 Å². The second-order valence-electron chi connectivity index (χ2n) is 5.57. The quantitative estimate of drug-likeness (QED) is 0.415. The van der Waals surface area contributed by atoms with Crippen LogP contribution in [0.4, 0.5) is 5.00 Å². The number of carbonyl (C=O) groups is 3. The maximum atomic E-state index is 12.1. The Morgan fingerprint density at radius 1 is 1.12 bits per heavy atom. The summed E-state index contributed by atoms with van der Waals surface area (Å²) in [6.45, 7) is 11.0. The monoisotopic (exact) mass is 369 g/mol. The molecule has 0 atom stereocenters. The zero-order valence-electron chi connectivity index (χ0n) is 15.5. The van der Waals surface area contributed by atoms with Gasteiger partial charge in [0, 0.05) is 11.4 Å². The van der Waals surface area contributed by atoms with Gasteiger partial charge in [-0.15, -0.1) is 11.3 Å². The van der Waals surface area contributed by atoms with Crippen molar-refractivity contribution < 1.29 is 19.1 Å². The molecule has 0 spiro atoms. The van der Waals surface area contributed by atoms with Crippen LogP contribution < -0.4 is 10.6 Å². The van der Waals surface area contributed by atoms with Gasteiger partial charge in [-0.3, -0.25) is 9.59 Å². The van der Waals surface area contributed by atoms with Crippen molar-refractivity contribution in [1.82, 2.24) is 10.2 Å². The van der Waals surface area contributed by atoms with Gasteiger partial charge in [-0.1, -0.05) is 13.8 Å². The van der Waals surface area contributed by atoms with Crippen molar-refractivity contribution in [3.8, 4) is 0 Å². The van der Waals surface area contributed by atoms with Crippen LogP contribution in [0, 0.1) is 13.8 Å². The Balaban J connectivity index is 2.60. The summed E-state index contributed by atoms with van der Waals surface area (Å²) in [5.41, 5.74) is 1.04. The predicted molar refractivity (Wildman–Crippen MR) is 99.2 cm³/mol. The number of anilines is 1. The van der Waals surface area contributed by atoms with Crippen LogP contribution in [0.25, 0.3) is 0 Å². The average molecular weight is 369 g/mol. The predicted octanol–water partition coefficient (Wildman–Crippen LogP) is 1.94. The molecule has 0 saturated heterocycles. The molecule has 7 nitrogen and oxygen atoms in total. The van der Waals surface area contributed by atoms with E-state index < -0.39 is 17.8 Å². The molecule has 140 valence electrons. The summed E-state index contributed by atoms with van der Waals surface area (Å²) in [4.78, 5) is 39.0. The van der Waals surface area contributed by atoms with Gasteiger partial charge in [0.25, 0.3) is 0 Å². The number of esters is 1. The number of aryl methyl sites for hydroxylation is 1. The Hall–Kier alpha value is -1.93. The van der Waals surface area contributed by atoms with Gasteiger partial charge in [-0.25, -0.2) is 4.79 Å². The minimum atomic E-state index is -0.783. The Kier molecular flexibility index (Phi) is 8.57. The van der Waals surface area contributed by atoms with Crippen molar-refractivity contribution >= 4 is 34.1 Å². The summed E-state index contributed by atoms with van der Waals surface area (Å²) in [5.74, 6) is -2.02. The molecule has 1 aromatic heterocycles. The lowest BCUT2D eigenvalue weighted by atomic mass is 10.1. The zero-order chi connectivity index (χ0) is 19.0. The maximum absolute atomic E-state index is 12.1. The highest BCUT2D eigenvalue weighted by Crippen LogP contribution is 2.32. The van der Waals surface area contributed by atoms with E-state index in [4.69, 9.17) is 4.74 Å². The Labute approximate surface area is 152 Å². The third kappa shape index (κ3) is 5.82. The van der Waals surface area contributed by atoms with E-state index in [2.05, 4.69) is 29.4 Å². The van der Waals surface area contributed by atoms with Crippen LogP contribution in [-0.4, -0.2) is 56.0 Å². The van der Waals surface area contributed by atoms with Crippen LogP contribution in [0.5, 0.6) is 0 Å². The summed E-state index contributed by atoms with van der Waals surface area (Å²) >= 11 is 1.25. The Bertz CT molecular complexity index is 624. The fourth-order valence-electron chi connectivity index (χ4n) is 2.35. The normalized spacial score (nSPS) is 10.6. The first-order valence-electron chi connectivity index (χ1n) is 8.35. The largest absolute Gasteiger partial charge is 0.465 e. The van der Waals surface area contributed by atoms with E-state index in [1.165, 1.54) is 18.4 Å². The van der Waals surface area contributed by atoms with E-state index in [1.54, 1.807) is 6.92 Å². The number of carbonyl (C=O) groups excluding carboxylic acids is 3. The second kappa shape index (κ2) is 10.1. The minimum absolute atomic E-state index is 0.299. The van der Waals surface area contributed by atoms with Gasteiger partial charge in [-0.05, 0) is 45.5 Å². The van der Waals surface area contributed by atoms with Gasteiger partial charge in [0.05, 0.1) is 12.7 Å². The van der Waals surface area contributed by atoms with Crippen LogP contribution in [-0.2, 0) is 14.3 Å². The molecule has 25 heavy (non-hydrogen) atoms. The first-order valence-corrected chi connectivity index (χ1v) is 9.17. The van der Waals surface area contributed by atoms with Gasteiger partial charge in [0.15, 0.2) is 0 Å². The molecule has 0 aromatic carbocycles. The van der Waals surface area contributed by atoms with Crippen LogP contribution >= 0.6 is 11.3 Å². The summed E-state index contributed by atoms with van der Waals surface area (Å²) in [5, 5.41) is 5.45. The molecule has 0 radical (unpaired) electrons. The fourth-order valence-corrected chi connectivity index (χ4v) is 3.39. The van der Waals surface area contributed by atoms with E-state index in [0.29, 0.717) is 17.1 Å². The number of rotatable bonds is 8. The van der Waals surface area contributed by atoms with Crippen LogP contribution in [0.3, 0.4) is 0 Å². The molecule has 0 saturated carbocycles. The first kappa shape index (κ1) is 21.1. The van der Waals surface area contributed by atoms with Crippen molar-refractivity contribution in [2.75, 3.05) is 38.6 Å². The highest BCUT2D eigenvalue weighted by Gasteiger charge is 2.23. The van der Waals surface area contributed by atoms with E-state index in [9.17, 15) is 14.4 Å². The molecule has 2 N–H and O–H groups in total. The first-order chi connectivity index (χ1) is 11.8. The standard InChI is InChI=1S/C17H27N3O4S/c1-6-20(7-2)10-8-9-18-14(21)15(22)19-16-13(17(23)24-5)11(3)12(4)25-16/h6-10H2,1-5H3,(H,18,21)(H,19,22). The lowest BCUT2D eigenvalue weighted by Gasteiger charge is -2.17. The van der Waals surface area contributed by atoms with Crippen LogP contribution in [0.15, 0.2) is 0 Å². The van der Waals surface area contributed by atoms with Gasteiger partial charge < -0.3 is 20.3 Å². The number of nitrogens with zero attached hydrogens (tertiary/aromatic N) is 1. The summed E-state index contributed by atoms with van der Waals surface area (Å²) < 4.78 is 4.75. The highest BCUT2D eigenvalue weighted by molar-refractivity contribution is 7.17. The molecule has 0 unspecified atom stereocenters. The summed E-state index contributed by atoms with van der Waals surface area (Å²) in [7, 11) is 1.28. The van der Waals surface area contributed by atoms with E-state index in [1.807, 2.05) is 6.92 Å². The number of amides is 2. The van der Waals surface area contributed by atoms with Crippen molar-refractivity contribution in [3.05, 3.63) is 16.0 Å². The SMILES string of the molecule is CCN(CC)CCCNC(=O)C(=O)Nc1sc(C)c(C)c1C(=O)OC. The van der Waals surface area contributed by atoms with Crippen molar-refractivity contribution in [2.24, 2.45) is 0 Å². The summed E-state index contributed by atoms with van der Waals surface area (Å²) in [6.07, 6.45) is 0.769. The lowest BCUT2D eigenvalue weighted by Crippen LogP contribution is -2.37. The van der Waals surface area contributed by atoms with Gasteiger partial charge in [-0.2, -0.15) is 0 Å². The molecule has 1 rings (SSSR count). The van der Waals surface area contributed by atoms with Gasteiger partial charge in [0.1, 0.15) is 5.00 Å². The van der Waals surface area contributed by atoms with Crippen molar-refractivity contribution in [2.45, 2.75) is 34.1 Å². The average Bonchev–Trinajstić information content (AvgIpc) is 2.88. The second-order valence-corrected chi connectivity index (χ2v) is 6.79. The maximum Gasteiger partial charge on any atom is 0.341 e. The highest BCUT2D eigenvalue weighted by atomic mass is 32.1. The molecule has 0 fully saturated rings. The molecule has 0 bridgehead atoms. The topological polar surface area (TPSA) is 87.7 Å². The molecule has 0 aliphatic rings. The third-order valence-corrected chi connectivity index (χ3v) is 5.16. The number of methoxy groups -OCH3 is 1. The van der Waals surface area contributed by atoms with Crippen LogP contribution in [0.1, 0.15) is 41.1 Å². The molecule has 2 amide bonds. The zero-order valence-corrected chi connectivity index (χ0v) is 16.3.